The zero-order chi connectivity index (χ0) is 12.6. The Kier molecular flexibility index (Phi) is 11.0. The highest BCUT2D eigenvalue weighted by Crippen LogP contribution is 2.14. The number of aliphatic imine (C=N–C) groups is 1. The van der Waals surface area contributed by atoms with Gasteiger partial charge in [0.15, 0.2) is 11.9 Å². The van der Waals surface area contributed by atoms with Crippen molar-refractivity contribution in [3.8, 4) is 0 Å². The van der Waals surface area contributed by atoms with Gasteiger partial charge in [0.1, 0.15) is 0 Å². The van der Waals surface area contributed by atoms with Crippen molar-refractivity contribution in [2.24, 2.45) is 22.4 Å². The van der Waals surface area contributed by atoms with Gasteiger partial charge in [-0.2, -0.15) is 0 Å². The first-order valence-electron chi connectivity index (χ1n) is 5.90. The summed E-state index contributed by atoms with van der Waals surface area (Å²) < 4.78 is 0. The fraction of sp³-hybridized carbons (Fsp3) is 0.818. The summed E-state index contributed by atoms with van der Waals surface area (Å²) in [5.74, 6) is 0.671. The van der Waals surface area contributed by atoms with Crippen molar-refractivity contribution >= 4 is 24.3 Å². The third-order valence-corrected chi connectivity index (χ3v) is 2.22. The number of hydrogen-bond donors (Lipinski definition) is 4. The van der Waals surface area contributed by atoms with Crippen molar-refractivity contribution in [1.82, 2.24) is 5.32 Å². The number of nitrogens with zero attached hydrogens (tertiary/aromatic N) is 1. The van der Waals surface area contributed by atoms with Crippen LogP contribution in [0.2, 0.25) is 0 Å². The first kappa shape index (κ1) is 18.4. The number of hydrogen-bond acceptors (Lipinski definition) is 2. The van der Waals surface area contributed by atoms with Gasteiger partial charge >= 0.3 is 0 Å². The van der Waals surface area contributed by atoms with Crippen molar-refractivity contribution in [2.75, 3.05) is 0 Å². The van der Waals surface area contributed by atoms with E-state index in [0.29, 0.717) is 5.92 Å². The lowest BCUT2D eigenvalue weighted by atomic mass is 10.00. The van der Waals surface area contributed by atoms with E-state index in [1.165, 1.54) is 0 Å². The Labute approximate surface area is 110 Å². The molecule has 0 aromatic heterocycles. The number of nitrogens with two attached hydrogens (primary N) is 2. The third kappa shape index (κ3) is 11.3. The van der Waals surface area contributed by atoms with Gasteiger partial charge in [-0.25, -0.2) is 4.99 Å². The molecule has 0 saturated heterocycles. The lowest BCUT2D eigenvalue weighted by Gasteiger charge is -2.15. The van der Waals surface area contributed by atoms with Crippen LogP contribution in [-0.4, -0.2) is 18.0 Å². The van der Waals surface area contributed by atoms with E-state index in [0.717, 1.165) is 25.7 Å². The molecule has 0 spiro atoms. The summed E-state index contributed by atoms with van der Waals surface area (Å²) in [6.07, 6.45) is 4.35. The summed E-state index contributed by atoms with van der Waals surface area (Å²) in [6, 6.07) is 0.229. The summed E-state index contributed by atoms with van der Waals surface area (Å²) in [7, 11) is 0. The van der Waals surface area contributed by atoms with Crippen LogP contribution in [0.3, 0.4) is 0 Å². The molecule has 0 fully saturated rings. The highest BCUT2D eigenvalue weighted by Gasteiger charge is 2.09. The fourth-order valence-electron chi connectivity index (χ4n) is 1.59. The minimum atomic E-state index is -0.167. The Bertz CT molecular complexity index is 240. The Hall–Kier alpha value is -0.970. The van der Waals surface area contributed by atoms with Crippen LogP contribution in [0, 0.1) is 11.3 Å². The van der Waals surface area contributed by atoms with E-state index in [-0.39, 0.29) is 30.4 Å². The van der Waals surface area contributed by atoms with Crippen molar-refractivity contribution in [2.45, 2.75) is 52.5 Å². The van der Waals surface area contributed by atoms with Crippen molar-refractivity contribution in [3.05, 3.63) is 0 Å². The molecular formula is C11H26ClN5. The van der Waals surface area contributed by atoms with Crippen molar-refractivity contribution < 1.29 is 0 Å². The van der Waals surface area contributed by atoms with Crippen LogP contribution in [0.25, 0.3) is 0 Å². The predicted octanol–water partition coefficient (Wildman–Crippen LogP) is 1.81. The van der Waals surface area contributed by atoms with Gasteiger partial charge in [-0.05, 0) is 18.8 Å². The van der Waals surface area contributed by atoms with Crippen LogP contribution in [0.5, 0.6) is 0 Å². The molecule has 102 valence electrons. The molecule has 1 atom stereocenters. The fourth-order valence-corrected chi connectivity index (χ4v) is 1.59. The summed E-state index contributed by atoms with van der Waals surface area (Å²) in [5, 5.41) is 9.57. The van der Waals surface area contributed by atoms with E-state index in [4.69, 9.17) is 16.9 Å². The lowest BCUT2D eigenvalue weighted by molar-refractivity contribution is 0.462. The van der Waals surface area contributed by atoms with Gasteiger partial charge in [0.05, 0.1) is 6.04 Å². The molecule has 0 radical (unpaired) electrons. The van der Waals surface area contributed by atoms with Crippen LogP contribution < -0.4 is 16.8 Å². The van der Waals surface area contributed by atoms with Gasteiger partial charge in [0.25, 0.3) is 0 Å². The zero-order valence-electron chi connectivity index (χ0n) is 11.0. The van der Waals surface area contributed by atoms with E-state index in [1.54, 1.807) is 0 Å². The first-order valence-corrected chi connectivity index (χ1v) is 5.90. The molecule has 17 heavy (non-hydrogen) atoms. The topological polar surface area (TPSA) is 100 Å². The van der Waals surface area contributed by atoms with Gasteiger partial charge in [-0.1, -0.05) is 33.6 Å². The normalized spacial score (nSPS) is 13.1. The zero-order valence-corrected chi connectivity index (χ0v) is 11.8. The average Bonchev–Trinajstić information content (AvgIpc) is 2.11. The molecule has 0 aliphatic carbocycles. The first-order chi connectivity index (χ1) is 7.45. The molecule has 0 heterocycles. The van der Waals surface area contributed by atoms with Gasteiger partial charge in [0, 0.05) is 0 Å². The smallest absolute Gasteiger partial charge is 0.195 e. The maximum atomic E-state index is 7.05. The summed E-state index contributed by atoms with van der Waals surface area (Å²) in [6.45, 7) is 6.50. The number of unbranched alkanes of at least 4 members (excludes halogenated alkanes) is 1. The summed E-state index contributed by atoms with van der Waals surface area (Å²) in [5.41, 5.74) is 10.8. The Balaban J connectivity index is 0. The van der Waals surface area contributed by atoms with Gasteiger partial charge < -0.3 is 11.5 Å². The van der Waals surface area contributed by atoms with Crippen molar-refractivity contribution in [1.29, 1.82) is 5.41 Å². The van der Waals surface area contributed by atoms with Crippen molar-refractivity contribution in [3.63, 3.8) is 0 Å². The number of rotatable bonds is 6. The molecular weight excluding hydrogens is 238 g/mol. The molecule has 0 aromatic rings. The quantitative estimate of drug-likeness (QED) is 0.434. The predicted molar refractivity (Wildman–Crippen MR) is 76.7 cm³/mol. The van der Waals surface area contributed by atoms with Crippen LogP contribution >= 0.6 is 12.4 Å². The Morgan fingerprint density at radius 3 is 2.35 bits per heavy atom. The largest absolute Gasteiger partial charge is 0.370 e. The van der Waals surface area contributed by atoms with E-state index in [2.05, 4.69) is 31.1 Å². The highest BCUT2D eigenvalue weighted by atomic mass is 35.5. The van der Waals surface area contributed by atoms with Crippen LogP contribution in [0.4, 0.5) is 0 Å². The van der Waals surface area contributed by atoms with Gasteiger partial charge in [-0.15, -0.1) is 12.4 Å². The number of guanidine groups is 2. The molecule has 0 rings (SSSR count). The molecule has 5 nitrogen and oxygen atoms in total. The monoisotopic (exact) mass is 263 g/mol. The number of nitrogens with one attached hydrogen (secondary N) is 2. The molecule has 0 aliphatic rings. The second-order valence-corrected chi connectivity index (χ2v) is 4.48. The highest BCUT2D eigenvalue weighted by molar-refractivity contribution is 5.95. The maximum absolute atomic E-state index is 7.05. The standard InChI is InChI=1S/C11H25N5.ClH/c1-4-5-6-9(7-8(2)3)15-11(14)16-10(12)13;/h8-9H,4-7H2,1-3H3,(H6,12,13,14,15,16);1H. The molecule has 0 aromatic carbocycles. The molecule has 0 bridgehead atoms. The second kappa shape index (κ2) is 10.2. The average molecular weight is 264 g/mol. The molecule has 1 unspecified atom stereocenters. The minimum absolute atomic E-state index is 0. The van der Waals surface area contributed by atoms with E-state index in [9.17, 15) is 0 Å². The molecule has 6 heteroatoms. The summed E-state index contributed by atoms with van der Waals surface area (Å²) >= 11 is 0. The van der Waals surface area contributed by atoms with E-state index >= 15 is 0 Å². The minimum Gasteiger partial charge on any atom is -0.370 e. The maximum Gasteiger partial charge on any atom is 0.195 e. The van der Waals surface area contributed by atoms with E-state index in [1.807, 2.05) is 0 Å². The second-order valence-electron chi connectivity index (χ2n) is 4.48. The molecule has 0 aliphatic heterocycles. The third-order valence-electron chi connectivity index (χ3n) is 2.22. The molecule has 6 N–H and O–H groups in total. The Morgan fingerprint density at radius 1 is 1.35 bits per heavy atom. The summed E-state index contributed by atoms with van der Waals surface area (Å²) in [4.78, 5) is 4.36. The van der Waals surface area contributed by atoms with E-state index < -0.39 is 0 Å². The van der Waals surface area contributed by atoms with Gasteiger partial charge in [-0.3, -0.25) is 10.7 Å². The number of halogens is 1. The van der Waals surface area contributed by atoms with Crippen LogP contribution in [0.1, 0.15) is 46.5 Å². The SMILES string of the molecule is CCCCC(CC(C)C)N=C(N)NC(=N)N.Cl. The van der Waals surface area contributed by atoms with Gasteiger partial charge in [0.2, 0.25) is 0 Å². The van der Waals surface area contributed by atoms with Crippen LogP contribution in [0.15, 0.2) is 4.99 Å². The Morgan fingerprint density at radius 2 is 1.94 bits per heavy atom. The molecule has 0 saturated carbocycles. The van der Waals surface area contributed by atoms with Crippen LogP contribution in [-0.2, 0) is 0 Å². The lowest BCUT2D eigenvalue weighted by Crippen LogP contribution is -2.41. The molecule has 0 amide bonds.